The van der Waals surface area contributed by atoms with Crippen LogP contribution in [0.5, 0.6) is 0 Å². The van der Waals surface area contributed by atoms with Crippen molar-refractivity contribution in [3.05, 3.63) is 30.1 Å². The molecule has 19 heavy (non-hydrogen) atoms. The van der Waals surface area contributed by atoms with Gasteiger partial charge < -0.3 is 10.0 Å². The van der Waals surface area contributed by atoms with E-state index in [0.29, 0.717) is 9.47 Å². The first-order chi connectivity index (χ1) is 9.06. The zero-order chi connectivity index (χ0) is 13.8. The predicted octanol–water partition coefficient (Wildman–Crippen LogP) is 2.62. The number of carboxylic acid groups (broad SMARTS) is 1. The van der Waals surface area contributed by atoms with E-state index < -0.39 is 5.97 Å². The zero-order valence-corrected chi connectivity index (χ0v) is 11.5. The van der Waals surface area contributed by atoms with E-state index >= 15 is 0 Å². The molecule has 0 saturated heterocycles. The average Bonchev–Trinajstić information content (AvgIpc) is 2.85. The number of anilines is 2. The van der Waals surface area contributed by atoms with Crippen LogP contribution in [0.2, 0.25) is 0 Å². The smallest absolute Gasteiger partial charge is 0.313 e. The Bertz CT molecular complexity index is 574. The molecule has 0 aliphatic carbocycles. The van der Waals surface area contributed by atoms with Crippen LogP contribution in [0.1, 0.15) is 0 Å². The summed E-state index contributed by atoms with van der Waals surface area (Å²) in [6, 6.07) is 6.02. The first-order valence-electron chi connectivity index (χ1n) is 5.23. The fourth-order valence-electron chi connectivity index (χ4n) is 1.30. The number of benzene rings is 1. The molecule has 0 unspecified atom stereocenters. The summed E-state index contributed by atoms with van der Waals surface area (Å²) in [4.78, 5) is 12.2. The lowest BCUT2D eigenvalue weighted by Crippen LogP contribution is -2.08. The summed E-state index contributed by atoms with van der Waals surface area (Å²) in [5.41, 5.74) is 0.785. The fraction of sp³-hybridized carbons (Fsp3) is 0.182. The van der Waals surface area contributed by atoms with Crippen molar-refractivity contribution in [1.82, 2.24) is 10.2 Å². The first-order valence-corrected chi connectivity index (χ1v) is 7.04. The van der Waals surface area contributed by atoms with Crippen molar-refractivity contribution >= 4 is 39.9 Å². The largest absolute Gasteiger partial charge is 0.481 e. The molecule has 100 valence electrons. The summed E-state index contributed by atoms with van der Waals surface area (Å²) in [5.74, 6) is -1.24. The molecule has 0 fully saturated rings. The third-order valence-electron chi connectivity index (χ3n) is 2.22. The molecular weight excluding hydrogens is 289 g/mol. The molecule has 2 aromatic rings. The normalized spacial score (nSPS) is 10.4. The molecule has 5 nitrogen and oxygen atoms in total. The van der Waals surface area contributed by atoms with Crippen molar-refractivity contribution in [2.75, 3.05) is 17.7 Å². The molecule has 0 radical (unpaired) electrons. The van der Waals surface area contributed by atoms with E-state index in [2.05, 4.69) is 10.2 Å². The van der Waals surface area contributed by atoms with Crippen LogP contribution in [0.4, 0.5) is 15.2 Å². The van der Waals surface area contributed by atoms with Gasteiger partial charge in [-0.2, -0.15) is 0 Å². The number of hydrogen-bond donors (Lipinski definition) is 1. The van der Waals surface area contributed by atoms with E-state index in [1.54, 1.807) is 24.1 Å². The number of halogens is 1. The van der Waals surface area contributed by atoms with E-state index in [0.717, 1.165) is 17.4 Å². The molecule has 1 aromatic carbocycles. The standard InChI is InChI=1S/C11H10FN3O2S2/c1-15(8-4-2-7(12)3-5-8)10-13-14-11(19-10)18-6-9(16)17/h2-5H,6H2,1H3,(H,16,17). The maximum Gasteiger partial charge on any atom is 0.313 e. The predicted molar refractivity (Wildman–Crippen MR) is 72.7 cm³/mol. The number of aromatic nitrogens is 2. The number of nitrogens with zero attached hydrogens (tertiary/aromatic N) is 3. The molecule has 0 aliphatic heterocycles. The Morgan fingerprint density at radius 1 is 1.42 bits per heavy atom. The molecule has 8 heteroatoms. The van der Waals surface area contributed by atoms with Gasteiger partial charge >= 0.3 is 5.97 Å². The van der Waals surface area contributed by atoms with E-state index in [9.17, 15) is 9.18 Å². The maximum atomic E-state index is 12.8. The van der Waals surface area contributed by atoms with Gasteiger partial charge in [0.05, 0.1) is 5.75 Å². The number of rotatable bonds is 5. The maximum absolute atomic E-state index is 12.8. The number of carboxylic acids is 1. The summed E-state index contributed by atoms with van der Waals surface area (Å²) < 4.78 is 13.4. The van der Waals surface area contributed by atoms with Crippen LogP contribution < -0.4 is 4.90 Å². The highest BCUT2D eigenvalue weighted by Gasteiger charge is 2.12. The highest BCUT2D eigenvalue weighted by molar-refractivity contribution is 8.01. The summed E-state index contributed by atoms with van der Waals surface area (Å²) in [6.07, 6.45) is 0. The Morgan fingerprint density at radius 2 is 2.11 bits per heavy atom. The Hall–Kier alpha value is -1.67. The van der Waals surface area contributed by atoms with E-state index in [-0.39, 0.29) is 11.6 Å². The van der Waals surface area contributed by atoms with Crippen LogP contribution in [0.3, 0.4) is 0 Å². The van der Waals surface area contributed by atoms with Crippen molar-refractivity contribution in [3.8, 4) is 0 Å². The molecule has 0 spiro atoms. The minimum Gasteiger partial charge on any atom is -0.481 e. The first kappa shape index (κ1) is 13.8. The molecule has 0 atom stereocenters. The van der Waals surface area contributed by atoms with Gasteiger partial charge in [0.2, 0.25) is 5.13 Å². The fourth-order valence-corrected chi connectivity index (χ4v) is 2.84. The molecule has 1 heterocycles. The second kappa shape index (κ2) is 5.98. The van der Waals surface area contributed by atoms with Crippen LogP contribution in [0, 0.1) is 5.82 Å². The minimum absolute atomic E-state index is 0.0467. The van der Waals surface area contributed by atoms with Crippen molar-refractivity contribution in [2.24, 2.45) is 0 Å². The Balaban J connectivity index is 2.09. The number of thioether (sulfide) groups is 1. The van der Waals surface area contributed by atoms with Gasteiger partial charge in [-0.1, -0.05) is 23.1 Å². The summed E-state index contributed by atoms with van der Waals surface area (Å²) >= 11 is 2.41. The quantitative estimate of drug-likeness (QED) is 0.856. The second-order valence-electron chi connectivity index (χ2n) is 3.57. The third-order valence-corrected chi connectivity index (χ3v) is 4.33. The summed E-state index contributed by atoms with van der Waals surface area (Å²) in [7, 11) is 1.79. The topological polar surface area (TPSA) is 66.3 Å². The monoisotopic (exact) mass is 299 g/mol. The van der Waals surface area contributed by atoms with Crippen LogP contribution in [-0.2, 0) is 4.79 Å². The lowest BCUT2D eigenvalue weighted by Gasteiger charge is -2.14. The summed E-state index contributed by atoms with van der Waals surface area (Å²) in [6.45, 7) is 0. The molecule has 0 bridgehead atoms. The van der Waals surface area contributed by atoms with Gasteiger partial charge in [0.25, 0.3) is 0 Å². The molecule has 1 N–H and O–H groups in total. The van der Waals surface area contributed by atoms with E-state index in [1.807, 2.05) is 0 Å². The van der Waals surface area contributed by atoms with Gasteiger partial charge in [0.15, 0.2) is 4.34 Å². The van der Waals surface area contributed by atoms with Crippen LogP contribution in [0.15, 0.2) is 28.6 Å². The molecule has 2 rings (SSSR count). The minimum atomic E-state index is -0.895. The van der Waals surface area contributed by atoms with Crippen LogP contribution >= 0.6 is 23.1 Å². The number of aliphatic carboxylic acids is 1. The molecular formula is C11H10FN3O2S2. The second-order valence-corrected chi connectivity index (χ2v) is 5.75. The van der Waals surface area contributed by atoms with Gasteiger partial charge in [-0.15, -0.1) is 10.2 Å². The van der Waals surface area contributed by atoms with E-state index in [1.165, 1.54) is 23.5 Å². The third kappa shape index (κ3) is 3.65. The molecule has 1 aromatic heterocycles. The van der Waals surface area contributed by atoms with Crippen LogP contribution in [0.25, 0.3) is 0 Å². The Kier molecular flexibility index (Phi) is 4.33. The average molecular weight is 299 g/mol. The van der Waals surface area contributed by atoms with E-state index in [4.69, 9.17) is 5.11 Å². The van der Waals surface area contributed by atoms with Gasteiger partial charge in [-0.05, 0) is 24.3 Å². The Morgan fingerprint density at radius 3 is 2.74 bits per heavy atom. The number of carbonyl (C=O) groups is 1. The van der Waals surface area contributed by atoms with Crippen LogP contribution in [-0.4, -0.2) is 34.1 Å². The SMILES string of the molecule is CN(c1ccc(F)cc1)c1nnc(SCC(=O)O)s1. The van der Waals surface area contributed by atoms with Gasteiger partial charge in [-0.25, -0.2) is 4.39 Å². The molecule has 0 saturated carbocycles. The highest BCUT2D eigenvalue weighted by Crippen LogP contribution is 2.31. The van der Waals surface area contributed by atoms with Gasteiger partial charge in [0.1, 0.15) is 5.82 Å². The Labute approximate surface area is 117 Å². The molecule has 0 amide bonds. The number of hydrogen-bond acceptors (Lipinski definition) is 6. The lowest BCUT2D eigenvalue weighted by molar-refractivity contribution is -0.133. The highest BCUT2D eigenvalue weighted by atomic mass is 32.2. The van der Waals surface area contributed by atoms with Crippen molar-refractivity contribution in [1.29, 1.82) is 0 Å². The van der Waals surface area contributed by atoms with Gasteiger partial charge in [0, 0.05) is 12.7 Å². The van der Waals surface area contributed by atoms with Crippen molar-refractivity contribution in [3.63, 3.8) is 0 Å². The molecule has 0 aliphatic rings. The van der Waals surface area contributed by atoms with Crippen molar-refractivity contribution in [2.45, 2.75) is 4.34 Å². The lowest BCUT2D eigenvalue weighted by atomic mass is 10.3. The summed E-state index contributed by atoms with van der Waals surface area (Å²) in [5, 5.41) is 17.1. The zero-order valence-electron chi connectivity index (χ0n) is 9.91. The van der Waals surface area contributed by atoms with Crippen molar-refractivity contribution < 1.29 is 14.3 Å². The van der Waals surface area contributed by atoms with Gasteiger partial charge in [-0.3, -0.25) is 4.79 Å².